The first-order valence-corrected chi connectivity index (χ1v) is 10.8. The Balaban J connectivity index is 2.09. The Morgan fingerprint density at radius 2 is 1.24 bits per heavy atom. The molecule has 3 aromatic rings. The highest BCUT2D eigenvalue weighted by Crippen LogP contribution is 2.32. The molecule has 0 fully saturated rings. The van der Waals surface area contributed by atoms with Crippen LogP contribution >= 0.6 is 7.80 Å². The summed E-state index contributed by atoms with van der Waals surface area (Å²) in [7, 11) is -2.43. The molecule has 1 unspecified atom stereocenters. The maximum Gasteiger partial charge on any atom is 0.459 e. The van der Waals surface area contributed by atoms with Crippen LogP contribution in [-0.4, -0.2) is 11.3 Å². The normalized spacial score (nSPS) is 11.3. The third-order valence-electron chi connectivity index (χ3n) is 5.15. The predicted molar refractivity (Wildman–Crippen MR) is 118 cm³/mol. The lowest BCUT2D eigenvalue weighted by Crippen LogP contribution is -2.18. The third-order valence-corrected chi connectivity index (χ3v) is 6.57. The summed E-state index contributed by atoms with van der Waals surface area (Å²) in [6, 6.07) is 16.2. The summed E-state index contributed by atoms with van der Waals surface area (Å²) in [5.74, 6) is -0.204. The average Bonchev–Trinajstić information content (AvgIpc) is 2.66. The van der Waals surface area contributed by atoms with Crippen LogP contribution in [0, 0.1) is 34.6 Å². The van der Waals surface area contributed by atoms with Crippen molar-refractivity contribution >= 4 is 24.4 Å². The highest BCUT2D eigenvalue weighted by molar-refractivity contribution is 7.71. The summed E-state index contributed by atoms with van der Waals surface area (Å²) >= 11 is 0. The Kier molecular flexibility index (Phi) is 5.91. The van der Waals surface area contributed by atoms with Crippen molar-refractivity contribution in [2.75, 3.05) is 0 Å². The molecule has 0 aliphatic heterocycles. The molecule has 3 aromatic carbocycles. The average molecular weight is 403 g/mol. The molecule has 0 heterocycles. The van der Waals surface area contributed by atoms with Crippen LogP contribution in [0.15, 0.2) is 54.6 Å². The molecular weight excluding hydrogens is 379 g/mol. The van der Waals surface area contributed by atoms with E-state index < -0.39 is 13.3 Å². The van der Waals surface area contributed by atoms with E-state index in [-0.39, 0.29) is 5.78 Å². The Morgan fingerprint density at radius 1 is 0.690 bits per heavy atom. The SMILES string of the molecule is Cc1cc(C)c(C(=O)[P+](=O)c2ccccc2C(=O)c2c(C)cccc2C)c(C)c1. The number of hydrogen-bond donors (Lipinski definition) is 0. The summed E-state index contributed by atoms with van der Waals surface area (Å²) in [5.41, 5.74) is 5.33. The van der Waals surface area contributed by atoms with Gasteiger partial charge in [-0.25, -0.2) is 4.79 Å². The molecule has 0 radical (unpaired) electrons. The van der Waals surface area contributed by atoms with Gasteiger partial charge < -0.3 is 0 Å². The number of carbonyl (C=O) groups excluding carboxylic acids is 2. The van der Waals surface area contributed by atoms with Crippen molar-refractivity contribution in [3.05, 3.63) is 99.1 Å². The summed E-state index contributed by atoms with van der Waals surface area (Å²) in [4.78, 5) is 26.5. The lowest BCUT2D eigenvalue weighted by Gasteiger charge is -2.09. The molecule has 29 heavy (non-hydrogen) atoms. The van der Waals surface area contributed by atoms with Gasteiger partial charge in [-0.1, -0.05) is 52.6 Å². The first-order valence-electron chi connectivity index (χ1n) is 9.51. The van der Waals surface area contributed by atoms with Gasteiger partial charge in [-0.05, 0) is 69.0 Å². The van der Waals surface area contributed by atoms with Gasteiger partial charge in [0, 0.05) is 5.56 Å². The fraction of sp³-hybridized carbons (Fsp3) is 0.200. The lowest BCUT2D eigenvalue weighted by molar-refractivity contribution is 0.103. The largest absolute Gasteiger partial charge is 0.459 e. The van der Waals surface area contributed by atoms with E-state index in [4.69, 9.17) is 0 Å². The number of aryl methyl sites for hydroxylation is 5. The van der Waals surface area contributed by atoms with Crippen LogP contribution in [0.5, 0.6) is 0 Å². The van der Waals surface area contributed by atoms with Gasteiger partial charge in [-0.3, -0.25) is 4.79 Å². The monoisotopic (exact) mass is 403 g/mol. The van der Waals surface area contributed by atoms with E-state index in [1.807, 2.05) is 65.0 Å². The molecule has 4 heteroatoms. The smallest absolute Gasteiger partial charge is 0.288 e. The second kappa shape index (κ2) is 8.23. The van der Waals surface area contributed by atoms with Gasteiger partial charge in [-0.2, -0.15) is 0 Å². The molecular formula is C25H24O3P+. The molecule has 0 aromatic heterocycles. The van der Waals surface area contributed by atoms with Gasteiger partial charge in [0.05, 0.1) is 11.1 Å². The van der Waals surface area contributed by atoms with Crippen molar-refractivity contribution in [3.63, 3.8) is 0 Å². The second-order valence-electron chi connectivity index (χ2n) is 7.49. The maximum atomic E-state index is 13.3. The molecule has 0 N–H and O–H groups in total. The first-order chi connectivity index (χ1) is 13.7. The van der Waals surface area contributed by atoms with E-state index in [1.54, 1.807) is 24.3 Å². The number of carbonyl (C=O) groups is 2. The molecule has 3 nitrogen and oxygen atoms in total. The van der Waals surface area contributed by atoms with Crippen molar-refractivity contribution in [2.24, 2.45) is 0 Å². The number of hydrogen-bond acceptors (Lipinski definition) is 3. The molecule has 1 atom stereocenters. The molecule has 0 saturated heterocycles. The molecule has 0 amide bonds. The van der Waals surface area contributed by atoms with Crippen molar-refractivity contribution in [1.29, 1.82) is 0 Å². The fourth-order valence-electron chi connectivity index (χ4n) is 3.88. The van der Waals surface area contributed by atoms with Gasteiger partial charge in [0.15, 0.2) is 5.78 Å². The standard InChI is InChI=1S/C25H24O3P/c1-15-13-18(4)23(19(5)14-15)25(27)29(28)21-12-7-6-11-20(21)24(26)22-16(2)9-8-10-17(22)3/h6-14H,1-5H3/q+1. The molecule has 146 valence electrons. The van der Waals surface area contributed by atoms with Gasteiger partial charge >= 0.3 is 13.3 Å². The molecule has 0 saturated carbocycles. The van der Waals surface area contributed by atoms with Crippen LogP contribution in [0.3, 0.4) is 0 Å². The zero-order valence-electron chi connectivity index (χ0n) is 17.4. The van der Waals surface area contributed by atoms with Crippen molar-refractivity contribution in [3.8, 4) is 0 Å². The Labute approximate surface area is 172 Å². The number of ketones is 1. The Morgan fingerprint density at radius 3 is 1.83 bits per heavy atom. The highest BCUT2D eigenvalue weighted by atomic mass is 31.1. The van der Waals surface area contributed by atoms with Gasteiger partial charge in [0.1, 0.15) is 0 Å². The van der Waals surface area contributed by atoms with Crippen molar-refractivity contribution in [2.45, 2.75) is 34.6 Å². The minimum absolute atomic E-state index is 0.204. The quantitative estimate of drug-likeness (QED) is 0.402. The van der Waals surface area contributed by atoms with Crippen LogP contribution in [0.4, 0.5) is 0 Å². The molecule has 0 bridgehead atoms. The van der Waals surface area contributed by atoms with Gasteiger partial charge in [0.2, 0.25) is 5.30 Å². The van der Waals surface area contributed by atoms with E-state index in [0.717, 1.165) is 27.8 Å². The lowest BCUT2D eigenvalue weighted by atomic mass is 9.95. The summed E-state index contributed by atoms with van der Waals surface area (Å²) < 4.78 is 13.3. The van der Waals surface area contributed by atoms with Crippen molar-refractivity contribution in [1.82, 2.24) is 0 Å². The first kappa shape index (κ1) is 20.8. The number of benzene rings is 3. The molecule has 0 aliphatic carbocycles. The maximum absolute atomic E-state index is 13.3. The van der Waals surface area contributed by atoms with Crippen molar-refractivity contribution < 1.29 is 14.2 Å². The van der Waals surface area contributed by atoms with E-state index in [2.05, 4.69) is 0 Å². The zero-order valence-corrected chi connectivity index (χ0v) is 18.3. The topological polar surface area (TPSA) is 51.2 Å². The summed E-state index contributed by atoms with van der Waals surface area (Å²) in [6.07, 6.45) is 0. The number of rotatable bonds is 5. The second-order valence-corrected chi connectivity index (χ2v) is 8.96. The summed E-state index contributed by atoms with van der Waals surface area (Å²) in [6.45, 7) is 9.43. The van der Waals surface area contributed by atoms with Gasteiger partial charge in [0.25, 0.3) is 0 Å². The van der Waals surface area contributed by atoms with E-state index in [0.29, 0.717) is 22.0 Å². The zero-order chi connectivity index (χ0) is 21.3. The van der Waals surface area contributed by atoms with Crippen LogP contribution in [0.1, 0.15) is 54.1 Å². The van der Waals surface area contributed by atoms with E-state index >= 15 is 0 Å². The third kappa shape index (κ3) is 3.97. The fourth-order valence-corrected chi connectivity index (χ4v) is 5.27. The molecule has 3 rings (SSSR count). The van der Waals surface area contributed by atoms with Crippen LogP contribution in [0.2, 0.25) is 0 Å². The Bertz CT molecular complexity index is 1120. The Hall–Kier alpha value is -2.90. The predicted octanol–water partition coefficient (Wildman–Crippen LogP) is 5.75. The van der Waals surface area contributed by atoms with Crippen LogP contribution < -0.4 is 5.30 Å². The van der Waals surface area contributed by atoms with Gasteiger partial charge in [-0.15, -0.1) is 0 Å². The van der Waals surface area contributed by atoms with E-state index in [9.17, 15) is 14.2 Å². The minimum atomic E-state index is -2.43. The summed E-state index contributed by atoms with van der Waals surface area (Å²) in [5, 5.41) is 0.291. The van der Waals surface area contributed by atoms with Crippen LogP contribution in [-0.2, 0) is 4.57 Å². The minimum Gasteiger partial charge on any atom is -0.288 e. The van der Waals surface area contributed by atoms with Crippen LogP contribution in [0.25, 0.3) is 0 Å². The highest BCUT2D eigenvalue weighted by Gasteiger charge is 2.38. The van der Waals surface area contributed by atoms with E-state index in [1.165, 1.54) is 0 Å². The molecule has 0 spiro atoms. The molecule has 0 aliphatic rings.